The molecule has 1 aliphatic heterocycles. The Bertz CT molecular complexity index is 1280. The maximum atomic E-state index is 5.74. The van der Waals surface area contributed by atoms with Gasteiger partial charge in [-0.25, -0.2) is 4.68 Å². The summed E-state index contributed by atoms with van der Waals surface area (Å²) in [4.78, 5) is 4.49. The van der Waals surface area contributed by atoms with Crippen LogP contribution in [0.25, 0.3) is 6.08 Å². The lowest BCUT2D eigenvalue weighted by molar-refractivity contribution is 0.391. The van der Waals surface area contributed by atoms with E-state index in [1.165, 1.54) is 11.1 Å². The van der Waals surface area contributed by atoms with E-state index in [0.717, 1.165) is 59.1 Å². The van der Waals surface area contributed by atoms with Gasteiger partial charge >= 0.3 is 0 Å². The molecule has 8 nitrogen and oxygen atoms in total. The quantitative estimate of drug-likeness (QED) is 0.563. The van der Waals surface area contributed by atoms with Crippen LogP contribution in [0.5, 0.6) is 23.0 Å². The molecule has 3 aromatic rings. The largest absolute Gasteiger partial charge is 0.497 e. The molecule has 2 aliphatic rings. The van der Waals surface area contributed by atoms with Crippen LogP contribution in [0.1, 0.15) is 36.4 Å². The molecular weight excluding hydrogens is 432 g/mol. The molecule has 176 valence electrons. The SMILES string of the molecule is COc1ccc(OC)c(C=C2CCCC3=C2Nc2ncnn2C3c2cc(OC)ccc2OC)c1. The van der Waals surface area contributed by atoms with Gasteiger partial charge in [-0.3, -0.25) is 0 Å². The van der Waals surface area contributed by atoms with E-state index in [9.17, 15) is 0 Å². The van der Waals surface area contributed by atoms with E-state index in [-0.39, 0.29) is 6.04 Å². The van der Waals surface area contributed by atoms with Gasteiger partial charge in [0.25, 0.3) is 0 Å². The zero-order valence-corrected chi connectivity index (χ0v) is 19.8. The van der Waals surface area contributed by atoms with Crippen molar-refractivity contribution in [3.8, 4) is 23.0 Å². The van der Waals surface area contributed by atoms with E-state index >= 15 is 0 Å². The summed E-state index contributed by atoms with van der Waals surface area (Å²) < 4.78 is 24.3. The summed E-state index contributed by atoms with van der Waals surface area (Å²) in [6.07, 6.45) is 6.64. The molecule has 1 aliphatic carbocycles. The van der Waals surface area contributed by atoms with Crippen molar-refractivity contribution < 1.29 is 18.9 Å². The third-order valence-corrected chi connectivity index (χ3v) is 6.42. The number of allylic oxidation sites excluding steroid dienone is 2. The fraction of sp³-hybridized carbons (Fsp3) is 0.308. The Morgan fingerprint density at radius 2 is 1.65 bits per heavy atom. The molecule has 0 spiro atoms. The van der Waals surface area contributed by atoms with E-state index in [4.69, 9.17) is 18.9 Å². The highest BCUT2D eigenvalue weighted by atomic mass is 16.5. The van der Waals surface area contributed by atoms with Crippen LogP contribution in [-0.2, 0) is 0 Å². The average molecular weight is 461 g/mol. The number of aromatic nitrogens is 3. The summed E-state index contributed by atoms with van der Waals surface area (Å²) in [5.41, 5.74) is 5.46. The molecule has 34 heavy (non-hydrogen) atoms. The van der Waals surface area contributed by atoms with Gasteiger partial charge in [0.15, 0.2) is 0 Å². The maximum Gasteiger partial charge on any atom is 0.226 e. The molecule has 0 saturated carbocycles. The predicted molar refractivity (Wildman–Crippen MR) is 130 cm³/mol. The Morgan fingerprint density at radius 3 is 2.38 bits per heavy atom. The minimum atomic E-state index is -0.158. The Balaban J connectivity index is 1.68. The van der Waals surface area contributed by atoms with E-state index < -0.39 is 0 Å². The van der Waals surface area contributed by atoms with E-state index in [0.29, 0.717) is 5.95 Å². The van der Waals surface area contributed by atoms with Crippen molar-refractivity contribution in [2.75, 3.05) is 33.8 Å². The normalized spacial score (nSPS) is 18.1. The third kappa shape index (κ3) is 3.75. The molecule has 1 atom stereocenters. The highest BCUT2D eigenvalue weighted by molar-refractivity contribution is 5.69. The van der Waals surface area contributed by atoms with Crippen LogP contribution in [0, 0.1) is 0 Å². The lowest BCUT2D eigenvalue weighted by Crippen LogP contribution is -2.28. The summed E-state index contributed by atoms with van der Waals surface area (Å²) in [5, 5.41) is 8.09. The number of anilines is 1. The molecule has 1 aromatic heterocycles. The van der Waals surface area contributed by atoms with Crippen molar-refractivity contribution in [3.63, 3.8) is 0 Å². The number of rotatable bonds is 6. The van der Waals surface area contributed by atoms with Gasteiger partial charge < -0.3 is 24.3 Å². The van der Waals surface area contributed by atoms with Crippen LogP contribution in [0.4, 0.5) is 5.95 Å². The molecule has 5 rings (SSSR count). The Kier molecular flexibility index (Phi) is 5.88. The molecular formula is C26H28N4O4. The molecule has 1 unspecified atom stereocenters. The number of methoxy groups -OCH3 is 4. The van der Waals surface area contributed by atoms with Crippen LogP contribution in [0.2, 0.25) is 0 Å². The minimum Gasteiger partial charge on any atom is -0.497 e. The van der Waals surface area contributed by atoms with Crippen molar-refractivity contribution in [1.29, 1.82) is 0 Å². The molecule has 0 amide bonds. The van der Waals surface area contributed by atoms with Gasteiger partial charge in [0.2, 0.25) is 5.95 Å². The number of nitrogens with zero attached hydrogens (tertiary/aromatic N) is 3. The number of hydrogen-bond acceptors (Lipinski definition) is 7. The van der Waals surface area contributed by atoms with E-state index in [2.05, 4.69) is 21.5 Å². The lowest BCUT2D eigenvalue weighted by Gasteiger charge is -2.35. The van der Waals surface area contributed by atoms with Crippen LogP contribution >= 0.6 is 0 Å². The Morgan fingerprint density at radius 1 is 0.912 bits per heavy atom. The van der Waals surface area contributed by atoms with Crippen molar-refractivity contribution in [2.24, 2.45) is 0 Å². The summed E-state index contributed by atoms with van der Waals surface area (Å²) in [5.74, 6) is 3.83. The Hall–Kier alpha value is -3.94. The number of nitrogens with one attached hydrogen (secondary N) is 1. The van der Waals surface area contributed by atoms with Gasteiger partial charge in [-0.1, -0.05) is 0 Å². The van der Waals surface area contributed by atoms with Crippen LogP contribution in [0.3, 0.4) is 0 Å². The fourth-order valence-electron chi connectivity index (χ4n) is 4.80. The van der Waals surface area contributed by atoms with E-state index in [1.807, 2.05) is 41.1 Å². The van der Waals surface area contributed by atoms with Crippen molar-refractivity contribution >= 4 is 12.0 Å². The van der Waals surface area contributed by atoms with Crippen LogP contribution in [-0.4, -0.2) is 43.2 Å². The molecule has 2 aromatic carbocycles. The van der Waals surface area contributed by atoms with Crippen LogP contribution in [0.15, 0.2) is 59.6 Å². The van der Waals surface area contributed by atoms with E-state index in [1.54, 1.807) is 34.8 Å². The summed E-state index contributed by atoms with van der Waals surface area (Å²) in [6, 6.07) is 11.5. The van der Waals surface area contributed by atoms with Crippen molar-refractivity contribution in [2.45, 2.75) is 25.3 Å². The highest BCUT2D eigenvalue weighted by Crippen LogP contribution is 2.46. The molecule has 1 N–H and O–H groups in total. The first-order valence-electron chi connectivity index (χ1n) is 11.2. The second-order valence-corrected chi connectivity index (χ2v) is 8.19. The first-order valence-corrected chi connectivity index (χ1v) is 11.2. The zero-order valence-electron chi connectivity index (χ0n) is 19.8. The van der Waals surface area contributed by atoms with Crippen molar-refractivity contribution in [3.05, 3.63) is 70.7 Å². The van der Waals surface area contributed by atoms with Gasteiger partial charge in [-0.15, -0.1) is 0 Å². The predicted octanol–water partition coefficient (Wildman–Crippen LogP) is 4.85. The number of benzene rings is 2. The summed E-state index contributed by atoms with van der Waals surface area (Å²) in [7, 11) is 6.71. The average Bonchev–Trinajstić information content (AvgIpc) is 3.35. The molecule has 0 fully saturated rings. The van der Waals surface area contributed by atoms with Gasteiger partial charge in [0.1, 0.15) is 35.4 Å². The lowest BCUT2D eigenvalue weighted by atomic mass is 9.83. The highest BCUT2D eigenvalue weighted by Gasteiger charge is 2.35. The Labute approximate surface area is 198 Å². The monoisotopic (exact) mass is 460 g/mol. The van der Waals surface area contributed by atoms with Gasteiger partial charge in [-0.2, -0.15) is 10.1 Å². The van der Waals surface area contributed by atoms with Crippen molar-refractivity contribution in [1.82, 2.24) is 14.8 Å². The zero-order chi connectivity index (χ0) is 23.7. The van der Waals surface area contributed by atoms with Crippen LogP contribution < -0.4 is 24.3 Å². The first-order chi connectivity index (χ1) is 16.7. The summed E-state index contributed by atoms with van der Waals surface area (Å²) in [6.45, 7) is 0. The smallest absolute Gasteiger partial charge is 0.226 e. The molecule has 0 saturated heterocycles. The molecule has 0 bridgehead atoms. The summed E-state index contributed by atoms with van der Waals surface area (Å²) >= 11 is 0. The standard InChI is InChI=1S/C26H28N4O4/c1-31-18-8-10-22(33-3)17(13-18)12-16-6-5-7-20-24(16)29-26-27-15-28-30(26)25(20)21-14-19(32-2)9-11-23(21)34-4/h8-15,25H,5-7H2,1-4H3,(H,27,28,29). The second-order valence-electron chi connectivity index (χ2n) is 8.19. The van der Waals surface area contributed by atoms with Gasteiger partial charge in [0, 0.05) is 16.8 Å². The van der Waals surface area contributed by atoms with Gasteiger partial charge in [-0.05, 0) is 72.9 Å². The molecule has 0 radical (unpaired) electrons. The first kappa shape index (κ1) is 21.9. The third-order valence-electron chi connectivity index (χ3n) is 6.42. The topological polar surface area (TPSA) is 79.7 Å². The minimum absolute atomic E-state index is 0.158. The second kappa shape index (κ2) is 9.13. The van der Waals surface area contributed by atoms with Gasteiger partial charge in [0.05, 0.1) is 28.4 Å². The number of hydrogen-bond donors (Lipinski definition) is 1. The molecule has 2 heterocycles. The fourth-order valence-corrected chi connectivity index (χ4v) is 4.80. The number of ether oxygens (including phenoxy) is 4. The molecule has 8 heteroatoms. The maximum absolute atomic E-state index is 5.74. The number of fused-ring (bicyclic) bond motifs is 1.